The van der Waals surface area contributed by atoms with Gasteiger partial charge in [0.1, 0.15) is 11.8 Å². The Morgan fingerprint density at radius 2 is 2.16 bits per heavy atom. The van der Waals surface area contributed by atoms with Crippen LogP contribution in [0.2, 0.25) is 5.02 Å². The number of halogens is 1. The molecule has 98 valence electrons. The van der Waals surface area contributed by atoms with Crippen molar-refractivity contribution in [1.29, 1.82) is 5.26 Å². The molecule has 1 aromatic carbocycles. The Morgan fingerprint density at radius 3 is 2.68 bits per heavy atom. The third-order valence-corrected chi connectivity index (χ3v) is 3.03. The second-order valence-electron chi connectivity index (χ2n) is 4.32. The minimum Gasteiger partial charge on any atom is -0.495 e. The van der Waals surface area contributed by atoms with Gasteiger partial charge >= 0.3 is 0 Å². The highest BCUT2D eigenvalue weighted by Gasteiger charge is 2.17. The monoisotopic (exact) mass is 276 g/mol. The van der Waals surface area contributed by atoms with Crippen LogP contribution >= 0.6 is 11.6 Å². The van der Waals surface area contributed by atoms with E-state index in [1.54, 1.807) is 23.9 Å². The van der Waals surface area contributed by atoms with Crippen LogP contribution in [0.15, 0.2) is 18.2 Å². The van der Waals surface area contributed by atoms with E-state index in [9.17, 15) is 0 Å². The fourth-order valence-electron chi connectivity index (χ4n) is 1.86. The van der Waals surface area contributed by atoms with E-state index >= 15 is 0 Å². The predicted molar refractivity (Wildman–Crippen MR) is 71.7 cm³/mol. The van der Waals surface area contributed by atoms with Crippen molar-refractivity contribution in [3.8, 4) is 17.5 Å². The fourth-order valence-corrected chi connectivity index (χ4v) is 2.12. The zero-order valence-electron chi connectivity index (χ0n) is 10.9. The van der Waals surface area contributed by atoms with Crippen molar-refractivity contribution in [3.63, 3.8) is 0 Å². The Bertz CT molecular complexity index is 643. The lowest BCUT2D eigenvalue weighted by molar-refractivity contribution is 0.415. The third-order valence-electron chi connectivity index (χ3n) is 2.74. The van der Waals surface area contributed by atoms with E-state index < -0.39 is 0 Å². The molecule has 0 saturated carbocycles. The molecule has 1 heterocycles. The van der Waals surface area contributed by atoms with E-state index in [-0.39, 0.29) is 5.92 Å². The average Bonchev–Trinajstić information content (AvgIpc) is 2.82. The summed E-state index contributed by atoms with van der Waals surface area (Å²) in [4.78, 5) is 0. The molecule has 5 nitrogen and oxygen atoms in total. The summed E-state index contributed by atoms with van der Waals surface area (Å²) in [5, 5.41) is 17.4. The van der Waals surface area contributed by atoms with E-state index in [0.717, 1.165) is 11.4 Å². The molecule has 2 rings (SSSR count). The summed E-state index contributed by atoms with van der Waals surface area (Å²) >= 11 is 6.10. The number of rotatable bonds is 3. The van der Waals surface area contributed by atoms with Gasteiger partial charge in [-0.25, -0.2) is 4.68 Å². The second-order valence-corrected chi connectivity index (χ2v) is 4.73. The van der Waals surface area contributed by atoms with Crippen LogP contribution in [0.1, 0.15) is 31.2 Å². The molecule has 0 aliphatic rings. The van der Waals surface area contributed by atoms with Gasteiger partial charge in [-0.15, -0.1) is 5.10 Å². The number of ether oxygens (including phenoxy) is 1. The van der Waals surface area contributed by atoms with E-state index in [0.29, 0.717) is 16.5 Å². The first-order valence-corrected chi connectivity index (χ1v) is 6.16. The Kier molecular flexibility index (Phi) is 3.72. The summed E-state index contributed by atoms with van der Waals surface area (Å²) < 4.78 is 6.74. The molecule has 6 heteroatoms. The van der Waals surface area contributed by atoms with Gasteiger partial charge in [0.2, 0.25) is 0 Å². The quantitative estimate of drug-likeness (QED) is 0.865. The van der Waals surface area contributed by atoms with Gasteiger partial charge in [0.25, 0.3) is 0 Å². The highest BCUT2D eigenvalue weighted by Crippen LogP contribution is 2.28. The number of nitriles is 1. The number of benzene rings is 1. The van der Waals surface area contributed by atoms with Gasteiger partial charge in [0.05, 0.1) is 23.5 Å². The van der Waals surface area contributed by atoms with E-state index in [2.05, 4.69) is 16.4 Å². The van der Waals surface area contributed by atoms with Gasteiger partial charge < -0.3 is 4.74 Å². The van der Waals surface area contributed by atoms with Crippen molar-refractivity contribution in [2.24, 2.45) is 0 Å². The molecular weight excluding hydrogens is 264 g/mol. The van der Waals surface area contributed by atoms with Gasteiger partial charge in [-0.05, 0) is 24.1 Å². The smallest absolute Gasteiger partial charge is 0.186 e. The van der Waals surface area contributed by atoms with Gasteiger partial charge in [-0.3, -0.25) is 0 Å². The summed E-state index contributed by atoms with van der Waals surface area (Å²) in [6.45, 7) is 3.97. The summed E-state index contributed by atoms with van der Waals surface area (Å²) in [6, 6.07) is 7.38. The molecular formula is C13H13ClN4O. The molecule has 0 atom stereocenters. The number of hydrogen-bond donors (Lipinski definition) is 0. The molecule has 0 amide bonds. The third kappa shape index (κ3) is 2.40. The molecule has 0 radical (unpaired) electrons. The normalized spacial score (nSPS) is 10.5. The minimum atomic E-state index is 0.130. The molecule has 0 saturated heterocycles. The number of methoxy groups -OCH3 is 1. The first-order valence-electron chi connectivity index (χ1n) is 5.78. The topological polar surface area (TPSA) is 63.7 Å². The highest BCUT2D eigenvalue weighted by atomic mass is 35.5. The molecule has 0 aliphatic carbocycles. The fraction of sp³-hybridized carbons (Fsp3) is 0.308. The number of hydrogen-bond acceptors (Lipinski definition) is 4. The predicted octanol–water partition coefficient (Wildman–Crippen LogP) is 2.92. The lowest BCUT2D eigenvalue weighted by Gasteiger charge is -2.10. The number of nitrogens with zero attached hydrogens (tertiary/aromatic N) is 4. The Hall–Kier alpha value is -2.06. The lowest BCUT2D eigenvalue weighted by Crippen LogP contribution is -2.05. The molecule has 0 fully saturated rings. The van der Waals surface area contributed by atoms with Gasteiger partial charge in [0.15, 0.2) is 5.69 Å². The van der Waals surface area contributed by atoms with Crippen LogP contribution < -0.4 is 4.74 Å². The molecule has 0 unspecified atom stereocenters. The lowest BCUT2D eigenvalue weighted by atomic mass is 10.1. The van der Waals surface area contributed by atoms with E-state index in [4.69, 9.17) is 21.6 Å². The minimum absolute atomic E-state index is 0.130. The van der Waals surface area contributed by atoms with Crippen molar-refractivity contribution < 1.29 is 4.74 Å². The molecule has 0 spiro atoms. The van der Waals surface area contributed by atoms with Crippen LogP contribution in [0.3, 0.4) is 0 Å². The van der Waals surface area contributed by atoms with Crippen molar-refractivity contribution >= 4 is 11.6 Å². The maximum absolute atomic E-state index is 9.05. The Labute approximate surface area is 116 Å². The molecule has 19 heavy (non-hydrogen) atoms. The van der Waals surface area contributed by atoms with Crippen molar-refractivity contribution in [3.05, 3.63) is 34.6 Å². The largest absolute Gasteiger partial charge is 0.495 e. The van der Waals surface area contributed by atoms with Crippen LogP contribution in [0.25, 0.3) is 5.69 Å². The second kappa shape index (κ2) is 5.29. The molecule has 0 bridgehead atoms. The van der Waals surface area contributed by atoms with Crippen molar-refractivity contribution in [1.82, 2.24) is 15.0 Å². The standard InChI is InChI=1S/C13H13ClN4O/c1-8(2)13-11(7-15)16-17-18(13)9-4-5-12(19-3)10(14)6-9/h4-6,8H,1-3H3. The molecule has 0 aliphatic heterocycles. The Balaban J connectivity index is 2.57. The summed E-state index contributed by atoms with van der Waals surface area (Å²) in [5.41, 5.74) is 1.86. The van der Waals surface area contributed by atoms with Gasteiger partial charge in [-0.1, -0.05) is 30.7 Å². The van der Waals surface area contributed by atoms with E-state index in [1.807, 2.05) is 19.9 Å². The van der Waals surface area contributed by atoms with Crippen LogP contribution in [0.4, 0.5) is 0 Å². The highest BCUT2D eigenvalue weighted by molar-refractivity contribution is 6.32. The van der Waals surface area contributed by atoms with Crippen LogP contribution in [0, 0.1) is 11.3 Å². The maximum atomic E-state index is 9.05. The average molecular weight is 277 g/mol. The van der Waals surface area contributed by atoms with Gasteiger partial charge in [0, 0.05) is 0 Å². The first kappa shape index (κ1) is 13.4. The SMILES string of the molecule is COc1ccc(-n2nnc(C#N)c2C(C)C)cc1Cl. The summed E-state index contributed by atoms with van der Waals surface area (Å²) in [6.07, 6.45) is 0. The summed E-state index contributed by atoms with van der Waals surface area (Å²) in [7, 11) is 1.56. The van der Waals surface area contributed by atoms with Crippen LogP contribution in [-0.2, 0) is 0 Å². The zero-order valence-corrected chi connectivity index (χ0v) is 11.6. The molecule has 0 N–H and O–H groups in total. The zero-order chi connectivity index (χ0) is 14.0. The van der Waals surface area contributed by atoms with Crippen molar-refractivity contribution in [2.75, 3.05) is 7.11 Å². The molecule has 1 aromatic heterocycles. The number of aromatic nitrogens is 3. The molecule has 2 aromatic rings. The first-order chi connectivity index (χ1) is 9.08. The maximum Gasteiger partial charge on any atom is 0.186 e. The van der Waals surface area contributed by atoms with Crippen LogP contribution in [-0.4, -0.2) is 22.1 Å². The van der Waals surface area contributed by atoms with Crippen molar-refractivity contribution in [2.45, 2.75) is 19.8 Å². The van der Waals surface area contributed by atoms with E-state index in [1.165, 1.54) is 0 Å². The van der Waals surface area contributed by atoms with Crippen LogP contribution in [0.5, 0.6) is 5.75 Å². The summed E-state index contributed by atoms with van der Waals surface area (Å²) in [5.74, 6) is 0.725. The van der Waals surface area contributed by atoms with Gasteiger partial charge in [-0.2, -0.15) is 5.26 Å². The Morgan fingerprint density at radius 1 is 1.42 bits per heavy atom.